The Morgan fingerprint density at radius 3 is 2.30 bits per heavy atom. The van der Waals surface area contributed by atoms with Gasteiger partial charge in [-0.1, -0.05) is 72.2 Å². The van der Waals surface area contributed by atoms with Gasteiger partial charge in [0, 0.05) is 20.8 Å². The number of rotatable bonds is 1. The van der Waals surface area contributed by atoms with Crippen LogP contribution in [0.25, 0.3) is 33.1 Å². The molecule has 23 heavy (non-hydrogen) atoms. The average Bonchev–Trinajstić information content (AvgIpc) is 3.00. The molecule has 0 aliphatic heterocycles. The molecule has 0 radical (unpaired) electrons. The fraction of sp³-hybridized carbons (Fsp3) is 0.143. The van der Waals surface area contributed by atoms with Gasteiger partial charge in [0.25, 0.3) is 0 Å². The van der Waals surface area contributed by atoms with Crippen molar-refractivity contribution in [3.8, 4) is 11.1 Å². The van der Waals surface area contributed by atoms with E-state index in [0.29, 0.717) is 0 Å². The molecule has 0 aliphatic rings. The predicted octanol–water partition coefficient (Wildman–Crippen LogP) is 7.35. The first-order valence-electron chi connectivity index (χ1n) is 7.91. The van der Waals surface area contributed by atoms with Crippen molar-refractivity contribution in [2.75, 3.05) is 0 Å². The maximum absolute atomic E-state index is 6.10. The molecule has 3 aromatic carbocycles. The first-order valence-corrected chi connectivity index (χ1v) is 8.71. The molecule has 0 atom stereocenters. The van der Waals surface area contributed by atoms with Crippen molar-refractivity contribution in [1.82, 2.24) is 0 Å². The average molecular weight is 367 g/mol. The molecule has 0 N–H and O–H groups in total. The van der Waals surface area contributed by atoms with Gasteiger partial charge in [-0.2, -0.15) is 0 Å². The van der Waals surface area contributed by atoms with Crippen LogP contribution in [0.4, 0.5) is 0 Å². The summed E-state index contributed by atoms with van der Waals surface area (Å²) in [5.41, 5.74) is 5.47. The van der Waals surface area contributed by atoms with Gasteiger partial charge in [-0.3, -0.25) is 0 Å². The molecule has 0 saturated heterocycles. The molecule has 2 heteroatoms. The lowest BCUT2D eigenvalue weighted by atomic mass is 9.99. The highest BCUT2D eigenvalue weighted by molar-refractivity contribution is 9.10. The Morgan fingerprint density at radius 2 is 1.57 bits per heavy atom. The summed E-state index contributed by atoms with van der Waals surface area (Å²) < 4.78 is 7.18. The molecule has 4 rings (SSSR count). The SMILES string of the molecule is CC.Cc1c(Br)ccc2c1oc1cccc(-c3ccccc3)c12. The van der Waals surface area contributed by atoms with Crippen molar-refractivity contribution < 1.29 is 4.42 Å². The Balaban J connectivity index is 0.000000753. The molecule has 0 bridgehead atoms. The summed E-state index contributed by atoms with van der Waals surface area (Å²) in [6, 6.07) is 20.9. The van der Waals surface area contributed by atoms with Crippen molar-refractivity contribution in [3.05, 3.63) is 70.7 Å². The molecule has 0 amide bonds. The van der Waals surface area contributed by atoms with Crippen LogP contribution in [0.2, 0.25) is 0 Å². The number of benzene rings is 3. The van der Waals surface area contributed by atoms with Crippen LogP contribution in [0.3, 0.4) is 0 Å². The fourth-order valence-electron chi connectivity index (χ4n) is 2.86. The molecule has 0 unspecified atom stereocenters. The van der Waals surface area contributed by atoms with Crippen molar-refractivity contribution >= 4 is 37.9 Å². The lowest BCUT2D eigenvalue weighted by Crippen LogP contribution is -1.79. The molecule has 0 aliphatic carbocycles. The maximum Gasteiger partial charge on any atom is 0.139 e. The highest BCUT2D eigenvalue weighted by Crippen LogP contribution is 2.39. The smallest absolute Gasteiger partial charge is 0.139 e. The minimum atomic E-state index is 0.938. The molecule has 116 valence electrons. The minimum Gasteiger partial charge on any atom is -0.456 e. The second-order valence-corrected chi connectivity index (χ2v) is 6.05. The second kappa shape index (κ2) is 6.59. The van der Waals surface area contributed by atoms with Gasteiger partial charge in [0.1, 0.15) is 11.2 Å². The van der Waals surface area contributed by atoms with E-state index in [2.05, 4.69) is 71.4 Å². The largest absolute Gasteiger partial charge is 0.456 e. The molecule has 0 saturated carbocycles. The van der Waals surface area contributed by atoms with E-state index in [1.807, 2.05) is 26.0 Å². The van der Waals surface area contributed by atoms with Crippen molar-refractivity contribution in [3.63, 3.8) is 0 Å². The topological polar surface area (TPSA) is 13.1 Å². The van der Waals surface area contributed by atoms with Gasteiger partial charge in [-0.25, -0.2) is 0 Å². The van der Waals surface area contributed by atoms with E-state index in [1.54, 1.807) is 0 Å². The van der Waals surface area contributed by atoms with Crippen LogP contribution < -0.4 is 0 Å². The van der Waals surface area contributed by atoms with Crippen LogP contribution >= 0.6 is 15.9 Å². The summed E-state index contributed by atoms with van der Waals surface area (Å²) >= 11 is 3.58. The second-order valence-electron chi connectivity index (χ2n) is 5.20. The van der Waals surface area contributed by atoms with Gasteiger partial charge in [0.15, 0.2) is 0 Å². The van der Waals surface area contributed by atoms with Crippen LogP contribution in [0.5, 0.6) is 0 Å². The Morgan fingerprint density at radius 1 is 0.826 bits per heavy atom. The lowest BCUT2D eigenvalue weighted by molar-refractivity contribution is 0.665. The van der Waals surface area contributed by atoms with Crippen LogP contribution in [0, 0.1) is 6.92 Å². The quantitative estimate of drug-likeness (QED) is 0.343. The van der Waals surface area contributed by atoms with Crippen molar-refractivity contribution in [2.45, 2.75) is 20.8 Å². The monoisotopic (exact) mass is 366 g/mol. The van der Waals surface area contributed by atoms with Crippen molar-refractivity contribution in [1.29, 1.82) is 0 Å². The zero-order chi connectivity index (χ0) is 16.4. The van der Waals surface area contributed by atoms with Gasteiger partial charge in [-0.05, 0) is 36.2 Å². The van der Waals surface area contributed by atoms with Crippen molar-refractivity contribution in [2.24, 2.45) is 0 Å². The summed E-state index contributed by atoms with van der Waals surface area (Å²) in [5, 5.41) is 2.36. The number of aryl methyl sites for hydroxylation is 1. The zero-order valence-electron chi connectivity index (χ0n) is 13.6. The predicted molar refractivity (Wildman–Crippen MR) is 103 cm³/mol. The van der Waals surface area contributed by atoms with E-state index < -0.39 is 0 Å². The Hall–Kier alpha value is -2.06. The number of hydrogen-bond donors (Lipinski definition) is 0. The first-order chi connectivity index (χ1) is 11.3. The molecule has 4 aromatic rings. The molecule has 1 heterocycles. The summed E-state index contributed by atoms with van der Waals surface area (Å²) in [5.74, 6) is 0. The van der Waals surface area contributed by atoms with E-state index in [9.17, 15) is 0 Å². The molecule has 1 aromatic heterocycles. The summed E-state index contributed by atoms with van der Waals surface area (Å²) in [7, 11) is 0. The molecule has 1 nitrogen and oxygen atoms in total. The third kappa shape index (κ3) is 2.68. The highest BCUT2D eigenvalue weighted by atomic mass is 79.9. The minimum absolute atomic E-state index is 0.938. The molecular weight excluding hydrogens is 348 g/mol. The Labute approximate surface area is 145 Å². The summed E-state index contributed by atoms with van der Waals surface area (Å²) in [4.78, 5) is 0. The van der Waals surface area contributed by atoms with Crippen LogP contribution in [-0.2, 0) is 0 Å². The summed E-state index contributed by atoms with van der Waals surface area (Å²) in [6.45, 7) is 6.08. The zero-order valence-corrected chi connectivity index (χ0v) is 15.1. The van der Waals surface area contributed by atoms with Crippen LogP contribution in [0.15, 0.2) is 69.6 Å². The normalized spacial score (nSPS) is 10.6. The number of hydrogen-bond acceptors (Lipinski definition) is 1. The van der Waals surface area contributed by atoms with E-state index in [0.717, 1.165) is 21.2 Å². The Bertz CT molecular complexity index is 952. The van der Waals surface area contributed by atoms with Gasteiger partial charge in [0.05, 0.1) is 0 Å². The number of furan rings is 1. The fourth-order valence-corrected chi connectivity index (χ4v) is 3.17. The standard InChI is InChI=1S/C19H13BrO.C2H6/c1-12-16(20)11-10-15-18-14(13-6-3-2-4-7-13)8-5-9-17(18)21-19(12)15;1-2/h2-11H,1H3;1-2H3. The third-order valence-corrected chi connectivity index (χ3v) is 4.79. The van der Waals surface area contributed by atoms with Crippen LogP contribution in [-0.4, -0.2) is 0 Å². The van der Waals surface area contributed by atoms with Gasteiger partial charge in [0.2, 0.25) is 0 Å². The summed E-state index contributed by atoms with van der Waals surface area (Å²) in [6.07, 6.45) is 0. The van der Waals surface area contributed by atoms with Gasteiger partial charge >= 0.3 is 0 Å². The number of fused-ring (bicyclic) bond motifs is 3. The van der Waals surface area contributed by atoms with Crippen LogP contribution in [0.1, 0.15) is 19.4 Å². The molecule has 0 spiro atoms. The molecule has 0 fully saturated rings. The van der Waals surface area contributed by atoms with E-state index in [-0.39, 0.29) is 0 Å². The van der Waals surface area contributed by atoms with Gasteiger partial charge < -0.3 is 4.42 Å². The van der Waals surface area contributed by atoms with E-state index >= 15 is 0 Å². The van der Waals surface area contributed by atoms with E-state index in [1.165, 1.54) is 21.9 Å². The molecular formula is C21H19BrO. The van der Waals surface area contributed by atoms with Gasteiger partial charge in [-0.15, -0.1) is 0 Å². The Kier molecular flexibility index (Phi) is 4.53. The number of halogens is 1. The lowest BCUT2D eigenvalue weighted by Gasteiger charge is -2.03. The third-order valence-electron chi connectivity index (χ3n) is 3.93. The maximum atomic E-state index is 6.10. The highest BCUT2D eigenvalue weighted by Gasteiger charge is 2.14. The van der Waals surface area contributed by atoms with E-state index in [4.69, 9.17) is 4.42 Å². The first kappa shape index (κ1) is 15.8.